The van der Waals surface area contributed by atoms with Gasteiger partial charge in [0.25, 0.3) is 5.91 Å². The van der Waals surface area contributed by atoms with Crippen molar-refractivity contribution < 1.29 is 19.1 Å². The SMILES string of the molecule is CCOc1ccc(OC(C)C(=O)NNC(=O)Cc2csc(-c3ccc(Cl)s3)n2)cc1. The third-order valence-electron chi connectivity index (χ3n) is 3.82. The van der Waals surface area contributed by atoms with Crippen LogP contribution in [0.1, 0.15) is 19.5 Å². The van der Waals surface area contributed by atoms with Gasteiger partial charge in [0.05, 0.1) is 27.9 Å². The first-order valence-electron chi connectivity index (χ1n) is 9.13. The van der Waals surface area contributed by atoms with Gasteiger partial charge in [-0.2, -0.15) is 0 Å². The Hall–Kier alpha value is -2.62. The average molecular weight is 466 g/mol. The van der Waals surface area contributed by atoms with E-state index < -0.39 is 12.0 Å². The van der Waals surface area contributed by atoms with E-state index in [1.165, 1.54) is 22.7 Å². The molecule has 0 bridgehead atoms. The van der Waals surface area contributed by atoms with Crippen LogP contribution in [0.4, 0.5) is 0 Å². The molecule has 0 fully saturated rings. The minimum absolute atomic E-state index is 0.0457. The van der Waals surface area contributed by atoms with Crippen molar-refractivity contribution in [3.63, 3.8) is 0 Å². The molecular formula is C20H20ClN3O4S2. The molecule has 10 heteroatoms. The van der Waals surface area contributed by atoms with E-state index in [1.807, 2.05) is 18.4 Å². The van der Waals surface area contributed by atoms with Crippen LogP contribution in [0, 0.1) is 0 Å². The van der Waals surface area contributed by atoms with E-state index in [0.29, 0.717) is 22.4 Å². The number of ether oxygens (including phenoxy) is 2. The molecule has 0 aliphatic carbocycles. The number of aromatic nitrogens is 1. The van der Waals surface area contributed by atoms with E-state index in [2.05, 4.69) is 15.8 Å². The van der Waals surface area contributed by atoms with Crippen LogP contribution in [0.25, 0.3) is 9.88 Å². The molecular weight excluding hydrogens is 446 g/mol. The Balaban J connectivity index is 1.44. The monoisotopic (exact) mass is 465 g/mol. The Morgan fingerprint density at radius 1 is 1.13 bits per heavy atom. The fraction of sp³-hybridized carbons (Fsp3) is 0.250. The van der Waals surface area contributed by atoms with Crippen LogP contribution in [0.2, 0.25) is 4.34 Å². The minimum atomic E-state index is -0.794. The number of rotatable bonds is 8. The summed E-state index contributed by atoms with van der Waals surface area (Å²) in [6.07, 6.45) is -0.748. The summed E-state index contributed by atoms with van der Waals surface area (Å²) in [5.41, 5.74) is 5.37. The molecule has 1 aromatic carbocycles. The predicted molar refractivity (Wildman–Crippen MR) is 118 cm³/mol. The number of carbonyl (C=O) groups is 2. The lowest BCUT2D eigenvalue weighted by molar-refractivity contribution is -0.132. The van der Waals surface area contributed by atoms with E-state index in [9.17, 15) is 9.59 Å². The maximum Gasteiger partial charge on any atom is 0.279 e. The molecule has 2 aromatic heterocycles. The molecule has 7 nitrogen and oxygen atoms in total. The summed E-state index contributed by atoms with van der Waals surface area (Å²) in [5, 5.41) is 2.61. The molecule has 158 valence electrons. The molecule has 0 spiro atoms. The Bertz CT molecular complexity index is 1000. The standard InChI is InChI=1S/C20H20ClN3O4S2/c1-3-27-14-4-6-15(7-5-14)28-12(2)19(26)24-23-18(25)10-13-11-29-20(22-13)16-8-9-17(21)30-16/h4-9,11-12H,3,10H2,1-2H3,(H,23,25)(H,24,26). The molecule has 0 radical (unpaired) electrons. The van der Waals surface area contributed by atoms with Gasteiger partial charge in [0.2, 0.25) is 5.91 Å². The van der Waals surface area contributed by atoms with E-state index in [4.69, 9.17) is 21.1 Å². The van der Waals surface area contributed by atoms with Crippen molar-refractivity contribution in [3.8, 4) is 21.4 Å². The highest BCUT2D eigenvalue weighted by molar-refractivity contribution is 7.23. The number of thiazole rings is 1. The molecule has 0 aliphatic rings. The number of hydrogen-bond acceptors (Lipinski definition) is 7. The highest BCUT2D eigenvalue weighted by Crippen LogP contribution is 2.32. The first-order chi connectivity index (χ1) is 14.4. The minimum Gasteiger partial charge on any atom is -0.494 e. The fourth-order valence-electron chi connectivity index (χ4n) is 2.41. The summed E-state index contributed by atoms with van der Waals surface area (Å²) >= 11 is 8.81. The van der Waals surface area contributed by atoms with Crippen LogP contribution in [-0.2, 0) is 16.0 Å². The topological polar surface area (TPSA) is 89.5 Å². The summed E-state index contributed by atoms with van der Waals surface area (Å²) in [6.45, 7) is 4.07. The highest BCUT2D eigenvalue weighted by atomic mass is 35.5. The Kier molecular flexibility index (Phi) is 7.67. The van der Waals surface area contributed by atoms with Crippen molar-refractivity contribution in [2.24, 2.45) is 0 Å². The van der Waals surface area contributed by atoms with Crippen LogP contribution in [0.3, 0.4) is 0 Å². The fourth-order valence-corrected chi connectivity index (χ4v) is 4.35. The van der Waals surface area contributed by atoms with Gasteiger partial charge >= 0.3 is 0 Å². The number of amides is 2. The number of hydrogen-bond donors (Lipinski definition) is 2. The van der Waals surface area contributed by atoms with Crippen LogP contribution in [-0.4, -0.2) is 29.5 Å². The van der Waals surface area contributed by atoms with Crippen LogP contribution in [0.15, 0.2) is 41.8 Å². The quantitative estimate of drug-likeness (QED) is 0.489. The highest BCUT2D eigenvalue weighted by Gasteiger charge is 2.16. The van der Waals surface area contributed by atoms with Crippen LogP contribution < -0.4 is 20.3 Å². The largest absolute Gasteiger partial charge is 0.494 e. The maximum absolute atomic E-state index is 12.2. The van der Waals surface area contributed by atoms with Crippen LogP contribution >= 0.6 is 34.3 Å². The number of nitrogens with one attached hydrogen (secondary N) is 2. The van der Waals surface area contributed by atoms with E-state index in [0.717, 1.165) is 15.6 Å². The van der Waals surface area contributed by atoms with Crippen molar-refractivity contribution in [2.45, 2.75) is 26.4 Å². The second kappa shape index (κ2) is 10.4. The molecule has 3 aromatic rings. The average Bonchev–Trinajstić information content (AvgIpc) is 3.36. The molecule has 30 heavy (non-hydrogen) atoms. The van der Waals surface area contributed by atoms with E-state index >= 15 is 0 Å². The number of nitrogens with zero attached hydrogens (tertiary/aromatic N) is 1. The molecule has 0 saturated heterocycles. The van der Waals surface area contributed by atoms with Gasteiger partial charge in [0.15, 0.2) is 6.10 Å². The normalized spacial score (nSPS) is 11.6. The molecule has 0 aliphatic heterocycles. The first kappa shape index (κ1) is 22.1. The van der Waals surface area contributed by atoms with Crippen LogP contribution in [0.5, 0.6) is 11.5 Å². The van der Waals surface area contributed by atoms with Crippen molar-refractivity contribution >= 4 is 46.1 Å². The molecule has 2 amide bonds. The predicted octanol–water partition coefficient (Wildman–Crippen LogP) is 4.08. The lowest BCUT2D eigenvalue weighted by Crippen LogP contribution is -2.47. The van der Waals surface area contributed by atoms with Crippen molar-refractivity contribution in [1.82, 2.24) is 15.8 Å². The van der Waals surface area contributed by atoms with E-state index in [1.54, 1.807) is 37.3 Å². The zero-order valence-corrected chi connectivity index (χ0v) is 18.7. The number of thiophene rings is 1. The summed E-state index contributed by atoms with van der Waals surface area (Å²) in [5.74, 6) is 0.403. The van der Waals surface area contributed by atoms with E-state index in [-0.39, 0.29) is 12.3 Å². The molecule has 3 rings (SSSR count). The second-order valence-corrected chi connectivity index (χ2v) is 8.70. The van der Waals surface area contributed by atoms with Crippen molar-refractivity contribution in [3.05, 3.63) is 51.8 Å². The molecule has 2 heterocycles. The van der Waals surface area contributed by atoms with Crippen molar-refractivity contribution in [1.29, 1.82) is 0 Å². The first-order valence-corrected chi connectivity index (χ1v) is 11.2. The lowest BCUT2D eigenvalue weighted by Gasteiger charge is -2.15. The Morgan fingerprint density at radius 3 is 2.53 bits per heavy atom. The summed E-state index contributed by atoms with van der Waals surface area (Å²) < 4.78 is 11.6. The smallest absolute Gasteiger partial charge is 0.279 e. The van der Waals surface area contributed by atoms with Gasteiger partial charge in [-0.05, 0) is 50.2 Å². The number of halogens is 1. The molecule has 0 saturated carbocycles. The van der Waals surface area contributed by atoms with Gasteiger partial charge in [-0.1, -0.05) is 11.6 Å². The molecule has 1 unspecified atom stereocenters. The number of carbonyl (C=O) groups excluding carboxylic acids is 2. The number of hydrazine groups is 1. The molecule has 1 atom stereocenters. The zero-order valence-electron chi connectivity index (χ0n) is 16.3. The van der Waals surface area contributed by atoms with Gasteiger partial charge in [0.1, 0.15) is 16.5 Å². The van der Waals surface area contributed by atoms with Gasteiger partial charge < -0.3 is 9.47 Å². The maximum atomic E-state index is 12.2. The van der Waals surface area contributed by atoms with Gasteiger partial charge in [-0.25, -0.2) is 4.98 Å². The third kappa shape index (κ3) is 6.19. The Labute approximate surface area is 187 Å². The zero-order chi connectivity index (χ0) is 21.5. The van der Waals surface area contributed by atoms with Gasteiger partial charge in [0, 0.05) is 5.38 Å². The Morgan fingerprint density at radius 2 is 1.87 bits per heavy atom. The summed E-state index contributed by atoms with van der Waals surface area (Å²) in [6, 6.07) is 10.7. The number of benzene rings is 1. The second-order valence-electron chi connectivity index (χ2n) is 6.13. The van der Waals surface area contributed by atoms with Crippen molar-refractivity contribution in [2.75, 3.05) is 6.61 Å². The lowest BCUT2D eigenvalue weighted by atomic mass is 10.3. The summed E-state index contributed by atoms with van der Waals surface area (Å²) in [4.78, 5) is 29.7. The molecule has 2 N–H and O–H groups in total. The van der Waals surface area contributed by atoms with Gasteiger partial charge in [-0.3, -0.25) is 20.4 Å². The van der Waals surface area contributed by atoms with Gasteiger partial charge in [-0.15, -0.1) is 22.7 Å². The third-order valence-corrected chi connectivity index (χ3v) is 6.11. The summed E-state index contributed by atoms with van der Waals surface area (Å²) in [7, 11) is 0.